The van der Waals surface area contributed by atoms with E-state index in [0.29, 0.717) is 22.0 Å². The summed E-state index contributed by atoms with van der Waals surface area (Å²) < 4.78 is 28.9. The van der Waals surface area contributed by atoms with E-state index in [-0.39, 0.29) is 11.5 Å². The minimum atomic E-state index is -3.48. The Morgan fingerprint density at radius 3 is 2.42 bits per heavy atom. The minimum Gasteiger partial charge on any atom is -0.375 e. The van der Waals surface area contributed by atoms with Gasteiger partial charge < -0.3 is 10.6 Å². The van der Waals surface area contributed by atoms with Gasteiger partial charge in [0.15, 0.2) is 5.13 Å². The molecule has 1 aromatic carbocycles. The third kappa shape index (κ3) is 6.88. The van der Waals surface area contributed by atoms with Crippen LogP contribution in [0.5, 0.6) is 0 Å². The fraction of sp³-hybridized carbons (Fsp3) is 0.679. The van der Waals surface area contributed by atoms with Crippen LogP contribution in [0.25, 0.3) is 0 Å². The fourth-order valence-electron chi connectivity index (χ4n) is 5.79. The predicted octanol–water partition coefficient (Wildman–Crippen LogP) is 5.52. The standard InChI is InChI=1S/C28H44N4O2S2/c1-5-17-32(23-12-15-25-26(19-23)35-27(29)30-25)18-16-20-6-10-22(11-7-20)31-36(33,34)24-13-8-21(9-14-24)28(2,3)4/h8-9,13-14,20,22-23,31H,5-7,10-12,15-19H2,1-4H3,(H2,29,30)/t20?,22?,23-/m0/s1. The van der Waals surface area contributed by atoms with Gasteiger partial charge >= 0.3 is 0 Å². The van der Waals surface area contributed by atoms with Crippen LogP contribution in [0.2, 0.25) is 0 Å². The molecule has 0 spiro atoms. The molecular formula is C28H44N4O2S2. The molecule has 2 aliphatic carbocycles. The fourth-order valence-corrected chi connectivity index (χ4v) is 8.05. The summed E-state index contributed by atoms with van der Waals surface area (Å²) >= 11 is 1.66. The van der Waals surface area contributed by atoms with Crippen LogP contribution in [0.1, 0.15) is 88.8 Å². The predicted molar refractivity (Wildman–Crippen MR) is 150 cm³/mol. The zero-order valence-corrected chi connectivity index (χ0v) is 24.1. The lowest BCUT2D eigenvalue weighted by Gasteiger charge is -2.36. The van der Waals surface area contributed by atoms with Gasteiger partial charge in [-0.2, -0.15) is 0 Å². The molecule has 0 saturated heterocycles. The van der Waals surface area contributed by atoms with Crippen molar-refractivity contribution in [2.24, 2.45) is 5.92 Å². The van der Waals surface area contributed by atoms with E-state index in [9.17, 15) is 8.42 Å². The number of fused-ring (bicyclic) bond motifs is 1. The maximum atomic E-state index is 13.0. The van der Waals surface area contributed by atoms with Crippen molar-refractivity contribution < 1.29 is 8.42 Å². The summed E-state index contributed by atoms with van der Waals surface area (Å²) in [5.74, 6) is 0.675. The molecule has 1 saturated carbocycles. The van der Waals surface area contributed by atoms with E-state index in [1.54, 1.807) is 23.5 Å². The Morgan fingerprint density at radius 1 is 1.08 bits per heavy atom. The number of aryl methyl sites for hydroxylation is 1. The molecule has 2 aromatic rings. The van der Waals surface area contributed by atoms with Crippen LogP contribution < -0.4 is 10.5 Å². The summed E-state index contributed by atoms with van der Waals surface area (Å²) in [7, 11) is -3.48. The molecule has 8 heteroatoms. The third-order valence-electron chi connectivity index (χ3n) is 7.98. The van der Waals surface area contributed by atoms with E-state index in [1.165, 1.54) is 29.8 Å². The molecule has 0 aliphatic heterocycles. The molecule has 200 valence electrons. The maximum Gasteiger partial charge on any atom is 0.240 e. The molecular weight excluding hydrogens is 488 g/mol. The number of hydrogen-bond acceptors (Lipinski definition) is 6. The van der Waals surface area contributed by atoms with Crippen molar-refractivity contribution in [1.82, 2.24) is 14.6 Å². The Morgan fingerprint density at radius 2 is 1.78 bits per heavy atom. The summed E-state index contributed by atoms with van der Waals surface area (Å²) in [5, 5.41) is 0.706. The van der Waals surface area contributed by atoms with Gasteiger partial charge in [-0.1, -0.05) is 39.8 Å². The molecule has 0 radical (unpaired) electrons. The van der Waals surface area contributed by atoms with Gasteiger partial charge in [0.25, 0.3) is 0 Å². The molecule has 3 N–H and O–H groups in total. The van der Waals surface area contributed by atoms with Crippen LogP contribution in [0.3, 0.4) is 0 Å². The number of nitrogens with two attached hydrogens (primary N) is 1. The number of nitrogen functional groups attached to an aromatic ring is 1. The number of nitrogens with zero attached hydrogens (tertiary/aromatic N) is 2. The summed E-state index contributed by atoms with van der Waals surface area (Å²) in [5.41, 5.74) is 8.32. The van der Waals surface area contributed by atoms with E-state index in [1.807, 2.05) is 12.1 Å². The van der Waals surface area contributed by atoms with E-state index in [4.69, 9.17) is 5.73 Å². The van der Waals surface area contributed by atoms with Gasteiger partial charge in [-0.15, -0.1) is 11.3 Å². The van der Waals surface area contributed by atoms with Crippen LogP contribution in [-0.2, 0) is 28.3 Å². The van der Waals surface area contributed by atoms with E-state index >= 15 is 0 Å². The summed E-state index contributed by atoms with van der Waals surface area (Å²) in [6, 6.07) is 7.98. The van der Waals surface area contributed by atoms with Gasteiger partial charge in [-0.3, -0.25) is 0 Å². The van der Waals surface area contributed by atoms with Gasteiger partial charge in [0, 0.05) is 17.0 Å². The molecule has 2 aliphatic rings. The van der Waals surface area contributed by atoms with Gasteiger partial charge in [0.05, 0.1) is 10.6 Å². The van der Waals surface area contributed by atoms with Crippen LogP contribution in [0.4, 0.5) is 5.13 Å². The number of aromatic nitrogens is 1. The lowest BCUT2D eigenvalue weighted by atomic mass is 9.84. The van der Waals surface area contributed by atoms with Crippen molar-refractivity contribution >= 4 is 26.5 Å². The van der Waals surface area contributed by atoms with Gasteiger partial charge in [-0.05, 0) is 99.9 Å². The molecule has 6 nitrogen and oxygen atoms in total. The first kappa shape index (κ1) is 27.6. The highest BCUT2D eigenvalue weighted by molar-refractivity contribution is 7.89. The summed E-state index contributed by atoms with van der Waals surface area (Å²) in [6.07, 6.45) is 9.68. The Balaban J connectivity index is 1.25. The average Bonchev–Trinajstić information content (AvgIpc) is 3.21. The smallest absolute Gasteiger partial charge is 0.240 e. The molecule has 1 heterocycles. The molecule has 36 heavy (non-hydrogen) atoms. The highest BCUT2D eigenvalue weighted by Crippen LogP contribution is 2.32. The summed E-state index contributed by atoms with van der Waals surface area (Å²) in [6.45, 7) is 10.9. The van der Waals surface area contributed by atoms with Crippen LogP contribution >= 0.6 is 11.3 Å². The lowest BCUT2D eigenvalue weighted by Crippen LogP contribution is -2.41. The Labute approximate surface area is 222 Å². The van der Waals surface area contributed by atoms with Crippen molar-refractivity contribution in [3.8, 4) is 0 Å². The van der Waals surface area contributed by atoms with Crippen LogP contribution in [-0.4, -0.2) is 43.5 Å². The van der Waals surface area contributed by atoms with Crippen molar-refractivity contribution in [2.75, 3.05) is 18.8 Å². The van der Waals surface area contributed by atoms with Crippen LogP contribution in [0, 0.1) is 5.92 Å². The lowest BCUT2D eigenvalue weighted by molar-refractivity contribution is 0.158. The molecule has 4 rings (SSSR count). The highest BCUT2D eigenvalue weighted by atomic mass is 32.2. The molecule has 1 aromatic heterocycles. The van der Waals surface area contributed by atoms with Crippen molar-refractivity contribution in [3.63, 3.8) is 0 Å². The number of nitrogens with one attached hydrogen (secondary N) is 1. The van der Waals surface area contributed by atoms with Gasteiger partial charge in [-0.25, -0.2) is 18.1 Å². The number of anilines is 1. The normalized spacial score (nSPS) is 23.1. The van der Waals surface area contributed by atoms with E-state index < -0.39 is 10.0 Å². The topological polar surface area (TPSA) is 88.3 Å². The average molecular weight is 533 g/mol. The van der Waals surface area contributed by atoms with E-state index in [2.05, 4.69) is 42.3 Å². The first-order valence-electron chi connectivity index (χ1n) is 13.7. The largest absolute Gasteiger partial charge is 0.375 e. The summed E-state index contributed by atoms with van der Waals surface area (Å²) in [4.78, 5) is 8.94. The zero-order valence-electron chi connectivity index (χ0n) is 22.4. The quantitative estimate of drug-likeness (QED) is 0.444. The van der Waals surface area contributed by atoms with Crippen molar-refractivity contribution in [3.05, 3.63) is 40.4 Å². The Bertz CT molecular complexity index is 1100. The second-order valence-electron chi connectivity index (χ2n) is 11.8. The second-order valence-corrected chi connectivity index (χ2v) is 14.6. The number of hydrogen-bond donors (Lipinski definition) is 2. The van der Waals surface area contributed by atoms with Crippen molar-refractivity contribution in [2.45, 2.75) is 108 Å². The van der Waals surface area contributed by atoms with Crippen molar-refractivity contribution in [1.29, 1.82) is 0 Å². The number of rotatable bonds is 9. The third-order valence-corrected chi connectivity index (χ3v) is 10.5. The highest BCUT2D eigenvalue weighted by Gasteiger charge is 2.29. The first-order valence-corrected chi connectivity index (χ1v) is 16.0. The number of sulfonamides is 1. The zero-order chi connectivity index (χ0) is 25.9. The molecule has 1 fully saturated rings. The SMILES string of the molecule is CCCN(CCC1CCC(NS(=O)(=O)c2ccc(C(C)(C)C)cc2)CC1)[C@H]1CCc2nc(N)sc2C1. The molecule has 0 bridgehead atoms. The minimum absolute atomic E-state index is 0.00982. The first-order chi connectivity index (χ1) is 17.0. The number of thiazole rings is 1. The molecule has 0 amide bonds. The molecule has 1 atom stereocenters. The monoisotopic (exact) mass is 532 g/mol. The van der Waals surface area contributed by atoms with E-state index in [0.717, 1.165) is 57.2 Å². The van der Waals surface area contributed by atoms with Crippen LogP contribution in [0.15, 0.2) is 29.2 Å². The number of benzene rings is 1. The Hall–Kier alpha value is -1.48. The second kappa shape index (κ2) is 11.5. The van der Waals surface area contributed by atoms with Gasteiger partial charge in [0.1, 0.15) is 0 Å². The Kier molecular flexibility index (Phi) is 8.80. The molecule has 0 unspecified atom stereocenters. The maximum absolute atomic E-state index is 13.0. The van der Waals surface area contributed by atoms with Gasteiger partial charge in [0.2, 0.25) is 10.0 Å².